The van der Waals surface area contributed by atoms with Crippen LogP contribution in [0.2, 0.25) is 0 Å². The van der Waals surface area contributed by atoms with Crippen molar-refractivity contribution in [3.8, 4) is 0 Å². The fourth-order valence-electron chi connectivity index (χ4n) is 3.92. The lowest BCUT2D eigenvalue weighted by Gasteiger charge is -2.37. The van der Waals surface area contributed by atoms with E-state index in [-0.39, 0.29) is 11.7 Å². The van der Waals surface area contributed by atoms with E-state index in [1.54, 1.807) is 43.0 Å². The van der Waals surface area contributed by atoms with E-state index in [2.05, 4.69) is 25.4 Å². The number of amides is 1. The number of tetrazole rings is 1. The van der Waals surface area contributed by atoms with E-state index < -0.39 is 12.0 Å². The van der Waals surface area contributed by atoms with Crippen LogP contribution in [0.15, 0.2) is 42.6 Å². The summed E-state index contributed by atoms with van der Waals surface area (Å²) in [5, 5.41) is 11.6. The first-order valence-corrected chi connectivity index (χ1v) is 11.1. The maximum absolute atomic E-state index is 13.5. The Morgan fingerprint density at radius 2 is 1.82 bits per heavy atom. The van der Waals surface area contributed by atoms with Crippen molar-refractivity contribution in [3.05, 3.63) is 65.4 Å². The highest BCUT2D eigenvalue weighted by atomic mass is 19.1. The molecule has 1 amide bonds. The Labute approximate surface area is 196 Å². The van der Waals surface area contributed by atoms with Gasteiger partial charge in [-0.15, -0.1) is 5.10 Å². The Bertz CT molecular complexity index is 1130. The highest BCUT2D eigenvalue weighted by Crippen LogP contribution is 2.21. The van der Waals surface area contributed by atoms with E-state index >= 15 is 0 Å². The second-order valence-corrected chi connectivity index (χ2v) is 7.95. The summed E-state index contributed by atoms with van der Waals surface area (Å²) in [6.45, 7) is 6.00. The number of pyridine rings is 1. The smallest absolute Gasteiger partial charge is 0.339 e. The van der Waals surface area contributed by atoms with Crippen LogP contribution in [0, 0.1) is 12.7 Å². The molecule has 1 fully saturated rings. The lowest BCUT2D eigenvalue weighted by atomic mass is 10.0. The minimum Gasteiger partial charge on any atom is -0.462 e. The Balaban J connectivity index is 1.43. The molecule has 0 saturated carbocycles. The van der Waals surface area contributed by atoms with E-state index in [9.17, 15) is 14.0 Å². The number of aryl methyl sites for hydroxylation is 1. The summed E-state index contributed by atoms with van der Waals surface area (Å²) in [5.41, 5.74) is 1.22. The van der Waals surface area contributed by atoms with Gasteiger partial charge in [-0.3, -0.25) is 4.79 Å². The molecule has 0 aliphatic carbocycles. The number of rotatable bonds is 7. The first-order valence-electron chi connectivity index (χ1n) is 11.1. The van der Waals surface area contributed by atoms with Crippen molar-refractivity contribution in [1.29, 1.82) is 0 Å². The predicted molar refractivity (Wildman–Crippen MR) is 121 cm³/mol. The fraction of sp³-hybridized carbons (Fsp3) is 0.391. The summed E-state index contributed by atoms with van der Waals surface area (Å²) >= 11 is 0. The summed E-state index contributed by atoms with van der Waals surface area (Å²) in [6, 6.07) is 8.93. The molecule has 1 unspecified atom stereocenters. The number of piperazine rings is 1. The zero-order valence-corrected chi connectivity index (χ0v) is 19.1. The Kier molecular flexibility index (Phi) is 7.09. The molecule has 1 aliphatic heterocycles. The van der Waals surface area contributed by atoms with Crippen molar-refractivity contribution in [2.45, 2.75) is 26.3 Å². The van der Waals surface area contributed by atoms with Crippen LogP contribution in [0.3, 0.4) is 0 Å². The highest BCUT2D eigenvalue weighted by Gasteiger charge is 2.31. The second-order valence-electron chi connectivity index (χ2n) is 7.95. The van der Waals surface area contributed by atoms with Crippen molar-refractivity contribution in [2.24, 2.45) is 0 Å². The number of benzene rings is 1. The second kappa shape index (κ2) is 10.4. The molecule has 34 heavy (non-hydrogen) atoms. The van der Waals surface area contributed by atoms with Crippen molar-refractivity contribution in [2.75, 3.05) is 37.7 Å². The molecular formula is C23H26FN7O3. The van der Waals surface area contributed by atoms with Crippen LogP contribution in [-0.2, 0) is 16.0 Å². The minimum atomic E-state index is -0.631. The van der Waals surface area contributed by atoms with Gasteiger partial charge in [0, 0.05) is 38.8 Å². The van der Waals surface area contributed by atoms with Gasteiger partial charge in [0.15, 0.2) is 0 Å². The number of ether oxygens (including phenoxy) is 1. The van der Waals surface area contributed by atoms with Gasteiger partial charge in [0.2, 0.25) is 5.91 Å². The van der Waals surface area contributed by atoms with Gasteiger partial charge in [0.05, 0.1) is 12.2 Å². The van der Waals surface area contributed by atoms with Crippen molar-refractivity contribution in [3.63, 3.8) is 0 Å². The molecular weight excluding hydrogens is 441 g/mol. The maximum Gasteiger partial charge on any atom is 0.339 e. The molecule has 11 heteroatoms. The van der Waals surface area contributed by atoms with E-state index in [0.29, 0.717) is 50.6 Å². The molecule has 3 heterocycles. The number of hydrogen-bond acceptors (Lipinski definition) is 8. The topological polar surface area (TPSA) is 106 Å². The molecule has 0 N–H and O–H groups in total. The summed E-state index contributed by atoms with van der Waals surface area (Å²) in [4.78, 5) is 33.6. The lowest BCUT2D eigenvalue weighted by molar-refractivity contribution is -0.135. The number of carbonyl (C=O) groups excluding carboxylic acids is 2. The summed E-state index contributed by atoms with van der Waals surface area (Å²) < 4.78 is 19.9. The van der Waals surface area contributed by atoms with Crippen LogP contribution < -0.4 is 4.90 Å². The SMILES string of the molecule is CCOC(=O)c1ccc(N2CCN(C(=O)C(Cc3ccc(F)cc3)n3nnnc3C)CC2)nc1. The van der Waals surface area contributed by atoms with Gasteiger partial charge < -0.3 is 14.5 Å². The number of nitrogens with zero attached hydrogens (tertiary/aromatic N) is 7. The zero-order chi connectivity index (χ0) is 24.1. The Morgan fingerprint density at radius 1 is 1.09 bits per heavy atom. The number of esters is 1. The summed E-state index contributed by atoms with van der Waals surface area (Å²) in [6.07, 6.45) is 1.85. The molecule has 3 aromatic rings. The standard InChI is InChI=1S/C23H26FN7O3/c1-3-34-23(33)18-6-9-21(25-15-18)29-10-12-30(13-11-29)22(32)20(31-16(2)26-27-28-31)14-17-4-7-19(24)8-5-17/h4-9,15,20H,3,10-14H2,1-2H3. The molecule has 1 aliphatic rings. The third-order valence-electron chi connectivity index (χ3n) is 5.75. The van der Waals surface area contributed by atoms with Crippen molar-refractivity contribution in [1.82, 2.24) is 30.1 Å². The van der Waals surface area contributed by atoms with E-state index in [0.717, 1.165) is 11.4 Å². The average molecular weight is 468 g/mol. The number of anilines is 1. The molecule has 10 nitrogen and oxygen atoms in total. The highest BCUT2D eigenvalue weighted by molar-refractivity contribution is 5.89. The zero-order valence-electron chi connectivity index (χ0n) is 19.1. The largest absolute Gasteiger partial charge is 0.462 e. The third-order valence-corrected chi connectivity index (χ3v) is 5.75. The third kappa shape index (κ3) is 5.19. The number of aromatic nitrogens is 5. The van der Waals surface area contributed by atoms with Crippen molar-refractivity contribution >= 4 is 17.7 Å². The molecule has 4 rings (SSSR count). The molecule has 1 aromatic carbocycles. The quantitative estimate of drug-likeness (QED) is 0.485. The van der Waals surface area contributed by atoms with E-state index in [1.807, 2.05) is 0 Å². The molecule has 0 bridgehead atoms. The monoisotopic (exact) mass is 467 g/mol. The molecule has 1 atom stereocenters. The van der Waals surface area contributed by atoms with Gasteiger partial charge in [-0.25, -0.2) is 18.9 Å². The van der Waals surface area contributed by atoms with Crippen LogP contribution in [0.25, 0.3) is 0 Å². The van der Waals surface area contributed by atoms with Gasteiger partial charge in [0.25, 0.3) is 0 Å². The molecule has 2 aromatic heterocycles. The van der Waals surface area contributed by atoms with Crippen LogP contribution in [0.5, 0.6) is 0 Å². The minimum absolute atomic E-state index is 0.0926. The van der Waals surface area contributed by atoms with Crippen LogP contribution in [-0.4, -0.2) is 74.8 Å². The molecule has 0 spiro atoms. The van der Waals surface area contributed by atoms with E-state index in [1.165, 1.54) is 23.0 Å². The van der Waals surface area contributed by atoms with Crippen LogP contribution >= 0.6 is 0 Å². The number of halogens is 1. The first-order chi connectivity index (χ1) is 16.5. The lowest BCUT2D eigenvalue weighted by Crippen LogP contribution is -2.51. The normalized spacial score (nSPS) is 14.7. The first kappa shape index (κ1) is 23.3. The Morgan fingerprint density at radius 3 is 2.41 bits per heavy atom. The summed E-state index contributed by atoms with van der Waals surface area (Å²) in [5.74, 6) is 0.446. The van der Waals surface area contributed by atoms with Gasteiger partial charge in [0.1, 0.15) is 23.5 Å². The maximum atomic E-state index is 13.5. The van der Waals surface area contributed by atoms with Crippen molar-refractivity contribution < 1.29 is 18.7 Å². The van der Waals surface area contributed by atoms with E-state index in [4.69, 9.17) is 4.74 Å². The fourth-order valence-corrected chi connectivity index (χ4v) is 3.92. The van der Waals surface area contributed by atoms with Gasteiger partial charge in [-0.05, 0) is 54.1 Å². The molecule has 0 radical (unpaired) electrons. The number of carbonyl (C=O) groups is 2. The van der Waals surface area contributed by atoms with Gasteiger partial charge >= 0.3 is 5.97 Å². The average Bonchev–Trinajstić information content (AvgIpc) is 3.29. The predicted octanol–water partition coefficient (Wildman–Crippen LogP) is 1.82. The van der Waals surface area contributed by atoms with Crippen LogP contribution in [0.4, 0.5) is 10.2 Å². The molecule has 178 valence electrons. The van der Waals surface area contributed by atoms with Crippen LogP contribution in [0.1, 0.15) is 34.7 Å². The summed E-state index contributed by atoms with van der Waals surface area (Å²) in [7, 11) is 0. The van der Waals surface area contributed by atoms with Gasteiger partial charge in [-0.1, -0.05) is 12.1 Å². The van der Waals surface area contributed by atoms with Gasteiger partial charge in [-0.2, -0.15) is 0 Å². The molecule has 1 saturated heterocycles. The number of hydrogen-bond donors (Lipinski definition) is 0. The Hall–Kier alpha value is -3.89.